The molecule has 0 spiro atoms. The average molecular weight is 405 g/mol. The Balaban J connectivity index is 1.98. The van der Waals surface area contributed by atoms with E-state index in [0.29, 0.717) is 27.9 Å². The summed E-state index contributed by atoms with van der Waals surface area (Å²) >= 11 is 0. The summed E-state index contributed by atoms with van der Waals surface area (Å²) in [5, 5.41) is 10.00. The van der Waals surface area contributed by atoms with Crippen molar-refractivity contribution in [2.24, 2.45) is 0 Å². The molecule has 0 unspecified atom stereocenters. The Hall–Kier alpha value is -3.18. The predicted molar refractivity (Wildman–Crippen MR) is 116 cm³/mol. The number of aromatic nitrogens is 1. The van der Waals surface area contributed by atoms with E-state index in [1.54, 1.807) is 45.0 Å². The Labute approximate surface area is 176 Å². The fourth-order valence-electron chi connectivity index (χ4n) is 3.64. The van der Waals surface area contributed by atoms with E-state index in [1.807, 2.05) is 38.1 Å². The van der Waals surface area contributed by atoms with Crippen LogP contribution in [0.2, 0.25) is 0 Å². The predicted octanol–water partition coefficient (Wildman–Crippen LogP) is 5.08. The van der Waals surface area contributed by atoms with Gasteiger partial charge in [-0.1, -0.05) is 59.7 Å². The number of aliphatic hydroxyl groups is 1. The summed E-state index contributed by atoms with van der Waals surface area (Å²) in [5.74, 6) is -0.919. The molecule has 0 aliphatic carbocycles. The number of esters is 1. The van der Waals surface area contributed by atoms with E-state index in [0.717, 1.165) is 11.1 Å². The Kier molecular flexibility index (Phi) is 6.22. The lowest BCUT2D eigenvalue weighted by Gasteiger charge is -2.18. The van der Waals surface area contributed by atoms with Crippen LogP contribution in [0.25, 0.3) is 0 Å². The van der Waals surface area contributed by atoms with Gasteiger partial charge in [-0.15, -0.1) is 0 Å². The third-order valence-corrected chi connectivity index (χ3v) is 5.30. The first-order valence-electron chi connectivity index (χ1n) is 9.94. The fourth-order valence-corrected chi connectivity index (χ4v) is 3.64. The minimum atomic E-state index is -1.07. The molecule has 3 rings (SSSR count). The highest BCUT2D eigenvalue weighted by Crippen LogP contribution is 2.28. The van der Waals surface area contributed by atoms with Gasteiger partial charge in [0.2, 0.25) is 5.78 Å². The minimum absolute atomic E-state index is 0.247. The summed E-state index contributed by atoms with van der Waals surface area (Å²) in [6, 6.07) is 14.6. The number of ketones is 1. The second-order valence-electron chi connectivity index (χ2n) is 7.77. The first-order chi connectivity index (χ1) is 14.2. The maximum atomic E-state index is 13.2. The van der Waals surface area contributed by atoms with Crippen molar-refractivity contribution < 1.29 is 19.4 Å². The number of carbonyl (C=O) groups is 2. The van der Waals surface area contributed by atoms with Gasteiger partial charge >= 0.3 is 5.97 Å². The molecule has 5 heteroatoms. The average Bonchev–Trinajstić information content (AvgIpc) is 3.01. The number of hydrogen-bond acceptors (Lipinski definition) is 4. The van der Waals surface area contributed by atoms with Crippen LogP contribution in [0.4, 0.5) is 0 Å². The lowest BCUT2D eigenvalue weighted by Crippen LogP contribution is -2.21. The van der Waals surface area contributed by atoms with Crippen LogP contribution in [0.1, 0.15) is 73.5 Å². The van der Waals surface area contributed by atoms with Crippen molar-refractivity contribution in [2.45, 2.75) is 46.8 Å². The van der Waals surface area contributed by atoms with Gasteiger partial charge in [0.15, 0.2) is 6.10 Å². The summed E-state index contributed by atoms with van der Waals surface area (Å²) in [4.78, 5) is 29.3. The molecule has 1 heterocycles. The maximum absolute atomic E-state index is 13.2. The number of aliphatic hydroxyl groups excluding tert-OH is 1. The largest absolute Gasteiger partial charge is 0.444 e. The molecule has 0 aliphatic heterocycles. The van der Waals surface area contributed by atoms with E-state index in [-0.39, 0.29) is 11.5 Å². The van der Waals surface area contributed by atoms with E-state index in [1.165, 1.54) is 0 Å². The zero-order chi connectivity index (χ0) is 22.0. The van der Waals surface area contributed by atoms with Gasteiger partial charge in [-0.25, -0.2) is 4.79 Å². The van der Waals surface area contributed by atoms with Crippen LogP contribution in [0, 0.1) is 27.7 Å². The number of benzene rings is 2. The van der Waals surface area contributed by atoms with E-state index in [9.17, 15) is 14.7 Å². The Morgan fingerprint density at radius 3 is 1.93 bits per heavy atom. The Morgan fingerprint density at radius 1 is 0.900 bits per heavy atom. The normalized spacial score (nSPS) is 13.0. The number of H-pyrrole nitrogens is 1. The highest BCUT2D eigenvalue weighted by Gasteiger charge is 2.29. The first kappa shape index (κ1) is 21.5. The summed E-state index contributed by atoms with van der Waals surface area (Å²) in [6.45, 7) is 9.09. The third-order valence-electron chi connectivity index (χ3n) is 5.30. The lowest BCUT2D eigenvalue weighted by atomic mass is 9.98. The van der Waals surface area contributed by atoms with Crippen LogP contribution in [-0.2, 0) is 4.74 Å². The molecule has 5 nitrogen and oxygen atoms in total. The molecule has 156 valence electrons. The maximum Gasteiger partial charge on any atom is 0.356 e. The summed E-state index contributed by atoms with van der Waals surface area (Å²) < 4.78 is 5.74. The molecule has 0 radical (unpaired) electrons. The van der Waals surface area contributed by atoms with Gasteiger partial charge in [0, 0.05) is 22.4 Å². The Bertz CT molecular complexity index is 1060. The van der Waals surface area contributed by atoms with Gasteiger partial charge in [-0.2, -0.15) is 0 Å². The van der Waals surface area contributed by atoms with Crippen molar-refractivity contribution >= 4 is 11.8 Å². The number of Topliss-reactive ketones (excluding diaryl/α,β-unsaturated/α-hetero) is 1. The quantitative estimate of drug-likeness (QED) is 0.443. The molecule has 3 aromatic rings. The van der Waals surface area contributed by atoms with Crippen molar-refractivity contribution in [3.8, 4) is 0 Å². The first-order valence-corrected chi connectivity index (χ1v) is 9.94. The molecule has 30 heavy (non-hydrogen) atoms. The highest BCUT2D eigenvalue weighted by molar-refractivity contribution is 6.02. The molecule has 2 N–H and O–H groups in total. The van der Waals surface area contributed by atoms with Crippen molar-refractivity contribution in [2.75, 3.05) is 0 Å². The second kappa shape index (κ2) is 8.67. The number of ether oxygens (including phenoxy) is 1. The van der Waals surface area contributed by atoms with Gasteiger partial charge in [0.1, 0.15) is 5.69 Å². The zero-order valence-corrected chi connectivity index (χ0v) is 17.9. The summed E-state index contributed by atoms with van der Waals surface area (Å²) in [5.41, 5.74) is 5.40. The smallest absolute Gasteiger partial charge is 0.356 e. The van der Waals surface area contributed by atoms with Gasteiger partial charge in [-0.3, -0.25) is 4.79 Å². The molecule has 2 atom stereocenters. The van der Waals surface area contributed by atoms with Gasteiger partial charge < -0.3 is 14.8 Å². The molecule has 0 amide bonds. The van der Waals surface area contributed by atoms with Crippen LogP contribution < -0.4 is 0 Å². The number of carbonyl (C=O) groups excluding carboxylic acids is 2. The molecular weight excluding hydrogens is 378 g/mol. The standard InChI is InChI=1S/C25H27NO4/c1-14-6-10-19(11-7-14)23(28)24(20-12-8-15(2)9-13-20)30-25(29)22-16(3)21(18(5)27)17(4)26-22/h6-13,18,24,26-27H,1-5H3/t18-,24+/m1/s1. The van der Waals surface area contributed by atoms with Crippen molar-refractivity contribution in [3.05, 3.63) is 93.3 Å². The van der Waals surface area contributed by atoms with Crippen molar-refractivity contribution in [3.63, 3.8) is 0 Å². The molecule has 0 aliphatic rings. The molecule has 2 aromatic carbocycles. The van der Waals surface area contributed by atoms with Crippen LogP contribution in [0.5, 0.6) is 0 Å². The number of rotatable bonds is 6. The Morgan fingerprint density at radius 2 is 1.43 bits per heavy atom. The van der Waals surface area contributed by atoms with E-state index in [4.69, 9.17) is 4.74 Å². The number of aromatic amines is 1. The van der Waals surface area contributed by atoms with Crippen molar-refractivity contribution in [1.29, 1.82) is 0 Å². The molecule has 1 aromatic heterocycles. The monoisotopic (exact) mass is 405 g/mol. The summed E-state index contributed by atoms with van der Waals surface area (Å²) in [7, 11) is 0. The topological polar surface area (TPSA) is 79.4 Å². The molecule has 0 fully saturated rings. The van der Waals surface area contributed by atoms with Gasteiger partial charge in [0.25, 0.3) is 0 Å². The molecule has 0 saturated heterocycles. The highest BCUT2D eigenvalue weighted by atomic mass is 16.5. The van der Waals surface area contributed by atoms with Crippen LogP contribution >= 0.6 is 0 Å². The van der Waals surface area contributed by atoms with E-state index in [2.05, 4.69) is 4.98 Å². The molecule has 0 saturated carbocycles. The van der Waals surface area contributed by atoms with Gasteiger partial charge in [-0.05, 0) is 40.2 Å². The third kappa shape index (κ3) is 4.36. The molecular formula is C25H27NO4. The fraction of sp³-hybridized carbons (Fsp3) is 0.280. The summed E-state index contributed by atoms with van der Waals surface area (Å²) in [6.07, 6.45) is -1.79. The number of aryl methyl sites for hydroxylation is 3. The van der Waals surface area contributed by atoms with E-state index < -0.39 is 18.2 Å². The number of hydrogen-bond donors (Lipinski definition) is 2. The molecule has 0 bridgehead atoms. The minimum Gasteiger partial charge on any atom is -0.444 e. The SMILES string of the molecule is Cc1ccc(C(=O)[C@@H](OC(=O)c2[nH]c(C)c([C@@H](C)O)c2C)c2ccc(C)cc2)cc1. The van der Waals surface area contributed by atoms with Gasteiger partial charge in [0.05, 0.1) is 6.10 Å². The second-order valence-corrected chi connectivity index (χ2v) is 7.77. The van der Waals surface area contributed by atoms with Crippen LogP contribution in [0.3, 0.4) is 0 Å². The van der Waals surface area contributed by atoms with Crippen LogP contribution in [-0.4, -0.2) is 21.8 Å². The van der Waals surface area contributed by atoms with Crippen LogP contribution in [0.15, 0.2) is 48.5 Å². The number of nitrogens with one attached hydrogen (secondary N) is 1. The van der Waals surface area contributed by atoms with E-state index >= 15 is 0 Å². The lowest BCUT2D eigenvalue weighted by molar-refractivity contribution is 0.0274. The zero-order valence-electron chi connectivity index (χ0n) is 17.9. The van der Waals surface area contributed by atoms with Crippen molar-refractivity contribution in [1.82, 2.24) is 4.98 Å².